The number of aromatic carboxylic acids is 1. The number of carboxylic acids is 1. The second kappa shape index (κ2) is 5.07. The standard InChI is InChI=1S/C11H7Cl2IN2O2/c1-16-8(11(17)18)9(14)15-10(16)5-2-3-6(12)7(13)4-5/h2-4H,1H3,(H,17,18). The molecule has 1 heterocycles. The molecule has 4 nitrogen and oxygen atoms in total. The molecule has 0 radical (unpaired) electrons. The number of hydrogen-bond donors (Lipinski definition) is 1. The second-order valence-electron chi connectivity index (χ2n) is 3.57. The van der Waals surface area contributed by atoms with Crippen LogP contribution in [-0.2, 0) is 7.05 Å². The van der Waals surface area contributed by atoms with Crippen LogP contribution in [0.2, 0.25) is 10.0 Å². The van der Waals surface area contributed by atoms with Crippen LogP contribution < -0.4 is 0 Å². The first-order chi connectivity index (χ1) is 8.41. The highest BCUT2D eigenvalue weighted by Gasteiger charge is 2.19. The summed E-state index contributed by atoms with van der Waals surface area (Å²) in [7, 11) is 1.65. The molecule has 0 aliphatic carbocycles. The maximum Gasteiger partial charge on any atom is 0.355 e. The van der Waals surface area contributed by atoms with Gasteiger partial charge >= 0.3 is 5.97 Å². The molecule has 2 aromatic rings. The lowest BCUT2D eigenvalue weighted by Gasteiger charge is -2.04. The Morgan fingerprint density at radius 1 is 1.39 bits per heavy atom. The summed E-state index contributed by atoms with van der Waals surface area (Å²) < 4.78 is 1.95. The molecule has 0 aliphatic heterocycles. The molecule has 7 heteroatoms. The van der Waals surface area contributed by atoms with Gasteiger partial charge in [0.15, 0.2) is 5.69 Å². The van der Waals surface area contributed by atoms with Gasteiger partial charge in [0.1, 0.15) is 9.53 Å². The van der Waals surface area contributed by atoms with E-state index in [-0.39, 0.29) is 5.69 Å². The third-order valence-electron chi connectivity index (χ3n) is 2.43. The van der Waals surface area contributed by atoms with Gasteiger partial charge < -0.3 is 9.67 Å². The van der Waals surface area contributed by atoms with E-state index >= 15 is 0 Å². The smallest absolute Gasteiger partial charge is 0.355 e. The first-order valence-electron chi connectivity index (χ1n) is 4.82. The zero-order valence-corrected chi connectivity index (χ0v) is 12.8. The van der Waals surface area contributed by atoms with Gasteiger partial charge in [-0.3, -0.25) is 0 Å². The third-order valence-corrected chi connectivity index (χ3v) is 3.92. The van der Waals surface area contributed by atoms with E-state index in [0.717, 1.165) is 5.56 Å². The highest BCUT2D eigenvalue weighted by Crippen LogP contribution is 2.29. The summed E-state index contributed by atoms with van der Waals surface area (Å²) in [4.78, 5) is 15.3. The third kappa shape index (κ3) is 2.34. The molecular weight excluding hydrogens is 390 g/mol. The number of nitrogens with zero attached hydrogens (tertiary/aromatic N) is 2. The van der Waals surface area contributed by atoms with Gasteiger partial charge in [0.05, 0.1) is 10.0 Å². The Kier molecular flexibility index (Phi) is 3.84. The molecule has 0 spiro atoms. The topological polar surface area (TPSA) is 55.1 Å². The average Bonchev–Trinajstić information content (AvgIpc) is 2.58. The van der Waals surface area contributed by atoms with Crippen LogP contribution in [0.4, 0.5) is 0 Å². The largest absolute Gasteiger partial charge is 0.476 e. The van der Waals surface area contributed by atoms with Crippen LogP contribution in [-0.4, -0.2) is 20.6 Å². The van der Waals surface area contributed by atoms with Crippen LogP contribution in [0.5, 0.6) is 0 Å². The summed E-state index contributed by atoms with van der Waals surface area (Å²) in [6.45, 7) is 0. The van der Waals surface area contributed by atoms with E-state index < -0.39 is 5.97 Å². The lowest BCUT2D eigenvalue weighted by atomic mass is 10.2. The minimum atomic E-state index is -1.01. The number of carboxylic acid groups (broad SMARTS) is 1. The van der Waals surface area contributed by atoms with Crippen LogP contribution in [0, 0.1) is 3.70 Å². The van der Waals surface area contributed by atoms with E-state index in [1.54, 1.807) is 25.2 Å². The van der Waals surface area contributed by atoms with E-state index in [1.807, 2.05) is 22.6 Å². The lowest BCUT2D eigenvalue weighted by molar-refractivity contribution is 0.0685. The Balaban J connectivity index is 2.61. The molecule has 2 rings (SSSR count). The Morgan fingerprint density at radius 2 is 2.06 bits per heavy atom. The predicted molar refractivity (Wildman–Crippen MR) is 78.3 cm³/mol. The minimum Gasteiger partial charge on any atom is -0.476 e. The Hall–Kier alpha value is -0.790. The van der Waals surface area contributed by atoms with E-state index in [9.17, 15) is 4.79 Å². The normalized spacial score (nSPS) is 10.7. The van der Waals surface area contributed by atoms with Crippen molar-refractivity contribution in [2.24, 2.45) is 7.05 Å². The first kappa shape index (κ1) is 13.6. The number of imidazole rings is 1. The zero-order chi connectivity index (χ0) is 13.4. The van der Waals surface area contributed by atoms with Gasteiger partial charge in [0.2, 0.25) is 0 Å². The highest BCUT2D eigenvalue weighted by molar-refractivity contribution is 14.1. The van der Waals surface area contributed by atoms with Gasteiger partial charge in [-0.25, -0.2) is 9.78 Å². The number of rotatable bonds is 2. The number of hydrogen-bond acceptors (Lipinski definition) is 2. The molecule has 0 unspecified atom stereocenters. The van der Waals surface area contributed by atoms with E-state index in [1.165, 1.54) is 4.57 Å². The van der Waals surface area contributed by atoms with Crippen molar-refractivity contribution in [3.63, 3.8) is 0 Å². The molecule has 0 atom stereocenters. The van der Waals surface area contributed by atoms with Gasteiger partial charge in [-0.05, 0) is 40.8 Å². The fourth-order valence-corrected chi connectivity index (χ4v) is 2.71. The summed E-state index contributed by atoms with van der Waals surface area (Å²) in [6, 6.07) is 5.06. The van der Waals surface area contributed by atoms with Crippen LogP contribution >= 0.6 is 45.8 Å². The predicted octanol–water partition coefficient (Wildman–Crippen LogP) is 3.70. The molecule has 0 saturated heterocycles. The molecule has 0 amide bonds. The quantitative estimate of drug-likeness (QED) is 0.787. The first-order valence-corrected chi connectivity index (χ1v) is 6.66. The zero-order valence-electron chi connectivity index (χ0n) is 9.12. The Labute approximate surface area is 127 Å². The fraction of sp³-hybridized carbons (Fsp3) is 0.0909. The molecule has 18 heavy (non-hydrogen) atoms. The summed E-state index contributed by atoms with van der Waals surface area (Å²) in [5.74, 6) is -0.476. The SMILES string of the molecule is Cn1c(-c2ccc(Cl)c(Cl)c2)nc(I)c1C(=O)O. The van der Waals surface area contributed by atoms with Crippen molar-refractivity contribution < 1.29 is 9.90 Å². The van der Waals surface area contributed by atoms with Crippen molar-refractivity contribution >= 4 is 51.8 Å². The maximum atomic E-state index is 11.1. The van der Waals surface area contributed by atoms with Crippen molar-refractivity contribution in [3.8, 4) is 11.4 Å². The molecule has 1 aromatic carbocycles. The molecule has 0 aliphatic rings. The summed E-state index contributed by atoms with van der Waals surface area (Å²) in [6.07, 6.45) is 0. The van der Waals surface area contributed by atoms with Crippen molar-refractivity contribution in [1.29, 1.82) is 0 Å². The Morgan fingerprint density at radius 3 is 2.56 bits per heavy atom. The van der Waals surface area contributed by atoms with Crippen LogP contribution in [0.15, 0.2) is 18.2 Å². The molecular formula is C11H7Cl2IN2O2. The van der Waals surface area contributed by atoms with Crippen molar-refractivity contribution in [2.45, 2.75) is 0 Å². The lowest BCUT2D eigenvalue weighted by Crippen LogP contribution is -2.06. The summed E-state index contributed by atoms with van der Waals surface area (Å²) in [5.41, 5.74) is 0.869. The van der Waals surface area contributed by atoms with Crippen LogP contribution in [0.1, 0.15) is 10.5 Å². The monoisotopic (exact) mass is 396 g/mol. The van der Waals surface area contributed by atoms with Gasteiger partial charge in [0.25, 0.3) is 0 Å². The van der Waals surface area contributed by atoms with Gasteiger partial charge in [-0.2, -0.15) is 0 Å². The van der Waals surface area contributed by atoms with Crippen LogP contribution in [0.3, 0.4) is 0 Å². The average molecular weight is 397 g/mol. The molecule has 94 valence electrons. The minimum absolute atomic E-state index is 0.150. The van der Waals surface area contributed by atoms with Crippen LogP contribution in [0.25, 0.3) is 11.4 Å². The number of aromatic nitrogens is 2. The van der Waals surface area contributed by atoms with Gasteiger partial charge in [-0.1, -0.05) is 23.2 Å². The van der Waals surface area contributed by atoms with Gasteiger partial charge in [-0.15, -0.1) is 0 Å². The number of halogens is 3. The van der Waals surface area contributed by atoms with Crippen molar-refractivity contribution in [1.82, 2.24) is 9.55 Å². The highest BCUT2D eigenvalue weighted by atomic mass is 127. The number of carbonyl (C=O) groups is 1. The Bertz CT molecular complexity index is 640. The molecule has 1 N–H and O–H groups in total. The fourth-order valence-electron chi connectivity index (χ4n) is 1.59. The van der Waals surface area contributed by atoms with E-state index in [0.29, 0.717) is 19.6 Å². The van der Waals surface area contributed by atoms with E-state index in [2.05, 4.69) is 4.98 Å². The van der Waals surface area contributed by atoms with Crippen molar-refractivity contribution in [2.75, 3.05) is 0 Å². The van der Waals surface area contributed by atoms with E-state index in [4.69, 9.17) is 28.3 Å². The molecule has 0 bridgehead atoms. The maximum absolute atomic E-state index is 11.1. The van der Waals surface area contributed by atoms with Crippen molar-refractivity contribution in [3.05, 3.63) is 37.6 Å². The number of benzene rings is 1. The summed E-state index contributed by atoms with van der Waals surface area (Å²) in [5, 5.41) is 9.95. The molecule has 1 aromatic heterocycles. The summed E-state index contributed by atoms with van der Waals surface area (Å²) >= 11 is 13.7. The van der Waals surface area contributed by atoms with Gasteiger partial charge in [0, 0.05) is 12.6 Å². The molecule has 0 saturated carbocycles. The molecule has 0 fully saturated rings. The second-order valence-corrected chi connectivity index (χ2v) is 5.40.